The summed E-state index contributed by atoms with van der Waals surface area (Å²) >= 11 is 11.4. The summed E-state index contributed by atoms with van der Waals surface area (Å²) in [6, 6.07) is 6.03. The molecule has 3 nitrogen and oxygen atoms in total. The third-order valence-corrected chi connectivity index (χ3v) is 4.43. The summed E-state index contributed by atoms with van der Waals surface area (Å²) in [4.78, 5) is -0.170. The fourth-order valence-corrected chi connectivity index (χ4v) is 2.90. The van der Waals surface area contributed by atoms with Crippen LogP contribution in [0.15, 0.2) is 41.3 Å². The Hall–Kier alpha value is -1.37. The molecule has 0 spiro atoms. The molecule has 0 saturated carbocycles. The van der Waals surface area contributed by atoms with Crippen LogP contribution in [0.2, 0.25) is 10.0 Å². The molecular formula is C12H7Cl2F2NO2S. The van der Waals surface area contributed by atoms with Gasteiger partial charge in [0.15, 0.2) is 0 Å². The Bertz CT molecular complexity index is 746. The van der Waals surface area contributed by atoms with E-state index in [1.807, 2.05) is 0 Å². The number of nitrogens with one attached hydrogen (secondary N) is 1. The monoisotopic (exact) mass is 337 g/mol. The zero-order valence-corrected chi connectivity index (χ0v) is 12.0. The second-order valence-corrected chi connectivity index (χ2v) is 6.34. The third kappa shape index (κ3) is 3.39. The molecule has 0 unspecified atom stereocenters. The molecule has 8 heteroatoms. The molecule has 0 bridgehead atoms. The Balaban J connectivity index is 2.37. The normalized spacial score (nSPS) is 11.4. The summed E-state index contributed by atoms with van der Waals surface area (Å²) in [7, 11) is -4.01. The molecule has 1 N–H and O–H groups in total. The van der Waals surface area contributed by atoms with Crippen LogP contribution in [0.4, 0.5) is 14.5 Å². The second-order valence-electron chi connectivity index (χ2n) is 3.84. The maximum atomic E-state index is 13.0. The molecule has 0 aliphatic heterocycles. The molecule has 0 amide bonds. The largest absolute Gasteiger partial charge is 0.279 e. The van der Waals surface area contributed by atoms with Crippen LogP contribution in [-0.4, -0.2) is 8.42 Å². The minimum Gasteiger partial charge on any atom is -0.279 e. The van der Waals surface area contributed by atoms with Gasteiger partial charge in [-0.1, -0.05) is 23.2 Å². The predicted molar refractivity (Wildman–Crippen MR) is 73.6 cm³/mol. The van der Waals surface area contributed by atoms with E-state index in [1.165, 1.54) is 12.1 Å². The highest BCUT2D eigenvalue weighted by atomic mass is 35.5. The molecule has 0 atom stereocenters. The Kier molecular flexibility index (Phi) is 4.17. The molecule has 0 saturated heterocycles. The highest BCUT2D eigenvalue weighted by molar-refractivity contribution is 7.92. The first kappa shape index (κ1) is 15.0. The lowest BCUT2D eigenvalue weighted by Crippen LogP contribution is -2.13. The van der Waals surface area contributed by atoms with E-state index in [1.54, 1.807) is 0 Å². The van der Waals surface area contributed by atoms with Crippen LogP contribution in [0.25, 0.3) is 0 Å². The van der Waals surface area contributed by atoms with Crippen molar-refractivity contribution in [2.75, 3.05) is 4.72 Å². The van der Waals surface area contributed by atoms with E-state index in [4.69, 9.17) is 23.2 Å². The molecule has 106 valence electrons. The summed E-state index contributed by atoms with van der Waals surface area (Å²) in [5, 5.41) is 0.252. The van der Waals surface area contributed by atoms with Crippen molar-refractivity contribution in [1.29, 1.82) is 0 Å². The minimum atomic E-state index is -4.01. The van der Waals surface area contributed by atoms with Crippen molar-refractivity contribution in [3.63, 3.8) is 0 Å². The van der Waals surface area contributed by atoms with Gasteiger partial charge in [-0.3, -0.25) is 4.72 Å². The lowest BCUT2D eigenvalue weighted by atomic mass is 10.3. The van der Waals surface area contributed by atoms with E-state index >= 15 is 0 Å². The first-order valence-electron chi connectivity index (χ1n) is 5.22. The Morgan fingerprint density at radius 2 is 1.50 bits per heavy atom. The Labute approximate surface area is 124 Å². The first-order valence-corrected chi connectivity index (χ1v) is 7.46. The van der Waals surface area contributed by atoms with Gasteiger partial charge in [0.25, 0.3) is 10.0 Å². The number of hydrogen-bond donors (Lipinski definition) is 1. The van der Waals surface area contributed by atoms with Gasteiger partial charge in [0.1, 0.15) is 11.6 Å². The van der Waals surface area contributed by atoms with E-state index in [9.17, 15) is 17.2 Å². The Morgan fingerprint density at radius 3 is 2.05 bits per heavy atom. The molecular weight excluding hydrogens is 331 g/mol. The van der Waals surface area contributed by atoms with Gasteiger partial charge in [0.2, 0.25) is 0 Å². The molecule has 20 heavy (non-hydrogen) atoms. The van der Waals surface area contributed by atoms with E-state index in [0.29, 0.717) is 6.07 Å². The van der Waals surface area contributed by atoms with Gasteiger partial charge in [-0.2, -0.15) is 0 Å². The third-order valence-electron chi connectivity index (χ3n) is 2.32. The minimum absolute atomic E-state index is 0.0555. The van der Waals surface area contributed by atoms with Crippen molar-refractivity contribution in [2.45, 2.75) is 4.90 Å². The molecule has 0 aliphatic rings. The van der Waals surface area contributed by atoms with Crippen LogP contribution in [0, 0.1) is 11.6 Å². The fraction of sp³-hybridized carbons (Fsp3) is 0. The van der Waals surface area contributed by atoms with Crippen molar-refractivity contribution in [3.8, 4) is 0 Å². The number of benzene rings is 2. The summed E-state index contributed by atoms with van der Waals surface area (Å²) in [5.74, 6) is -1.78. The van der Waals surface area contributed by atoms with Gasteiger partial charge < -0.3 is 0 Å². The second kappa shape index (κ2) is 5.55. The highest BCUT2D eigenvalue weighted by Gasteiger charge is 2.16. The average molecular weight is 338 g/mol. The van der Waals surface area contributed by atoms with Crippen LogP contribution < -0.4 is 4.72 Å². The van der Waals surface area contributed by atoms with Gasteiger partial charge in [-0.15, -0.1) is 0 Å². The topological polar surface area (TPSA) is 46.2 Å². The molecule has 2 aromatic carbocycles. The highest BCUT2D eigenvalue weighted by Crippen LogP contribution is 2.26. The lowest BCUT2D eigenvalue weighted by molar-refractivity contribution is 0.584. The standard InChI is InChI=1S/C12H7Cl2F2NO2S/c13-11-2-1-10(6-12(11)14)20(18,19)17-9-4-7(15)3-8(16)5-9/h1-6,17H. The molecule has 2 rings (SSSR count). The number of rotatable bonds is 3. The number of anilines is 1. The molecule has 0 aromatic heterocycles. The Morgan fingerprint density at radius 1 is 0.900 bits per heavy atom. The molecule has 0 radical (unpaired) electrons. The van der Waals surface area contributed by atoms with Gasteiger partial charge >= 0.3 is 0 Å². The lowest BCUT2D eigenvalue weighted by Gasteiger charge is -2.09. The van der Waals surface area contributed by atoms with Gasteiger partial charge in [0.05, 0.1) is 20.6 Å². The van der Waals surface area contributed by atoms with Crippen molar-refractivity contribution in [2.24, 2.45) is 0 Å². The van der Waals surface area contributed by atoms with Crippen LogP contribution >= 0.6 is 23.2 Å². The summed E-state index contributed by atoms with van der Waals surface area (Å²) in [6.45, 7) is 0. The van der Waals surface area contributed by atoms with Gasteiger partial charge in [-0.25, -0.2) is 17.2 Å². The smallest absolute Gasteiger partial charge is 0.261 e. The summed E-state index contributed by atoms with van der Waals surface area (Å²) in [5.41, 5.74) is -0.228. The van der Waals surface area contributed by atoms with Crippen LogP contribution in [0.5, 0.6) is 0 Å². The van der Waals surface area contributed by atoms with Crippen molar-refractivity contribution < 1.29 is 17.2 Å². The van der Waals surface area contributed by atoms with E-state index in [0.717, 1.165) is 18.2 Å². The fourth-order valence-electron chi connectivity index (χ4n) is 1.47. The van der Waals surface area contributed by atoms with Crippen molar-refractivity contribution in [3.05, 3.63) is 58.1 Å². The van der Waals surface area contributed by atoms with Gasteiger partial charge in [-0.05, 0) is 30.3 Å². The first-order chi connectivity index (χ1) is 9.28. The van der Waals surface area contributed by atoms with E-state index < -0.39 is 21.7 Å². The quantitative estimate of drug-likeness (QED) is 0.917. The zero-order valence-electron chi connectivity index (χ0n) is 9.70. The molecule has 0 fully saturated rings. The van der Waals surface area contributed by atoms with Gasteiger partial charge in [0, 0.05) is 6.07 Å². The SMILES string of the molecule is O=S(=O)(Nc1cc(F)cc(F)c1)c1ccc(Cl)c(Cl)c1. The van der Waals surface area contributed by atoms with Crippen molar-refractivity contribution >= 4 is 38.9 Å². The van der Waals surface area contributed by atoms with E-state index in [2.05, 4.69) is 4.72 Å². The predicted octanol–water partition coefficient (Wildman–Crippen LogP) is 4.07. The van der Waals surface area contributed by atoms with Crippen LogP contribution in [0.3, 0.4) is 0 Å². The number of hydrogen-bond acceptors (Lipinski definition) is 2. The zero-order chi connectivity index (χ0) is 14.9. The van der Waals surface area contributed by atoms with E-state index in [-0.39, 0.29) is 20.6 Å². The summed E-state index contributed by atoms with van der Waals surface area (Å²) in [6.07, 6.45) is 0. The summed E-state index contributed by atoms with van der Waals surface area (Å²) < 4.78 is 52.1. The maximum absolute atomic E-state index is 13.0. The molecule has 2 aromatic rings. The number of halogens is 4. The molecule has 0 heterocycles. The molecule has 0 aliphatic carbocycles. The van der Waals surface area contributed by atoms with Crippen LogP contribution in [-0.2, 0) is 10.0 Å². The van der Waals surface area contributed by atoms with Crippen molar-refractivity contribution in [1.82, 2.24) is 0 Å². The maximum Gasteiger partial charge on any atom is 0.261 e. The number of sulfonamides is 1. The average Bonchev–Trinajstić information content (AvgIpc) is 2.30. The van der Waals surface area contributed by atoms with Crippen LogP contribution in [0.1, 0.15) is 0 Å².